The van der Waals surface area contributed by atoms with E-state index in [0.29, 0.717) is 10.0 Å². The Hall–Kier alpha value is -1.31. The lowest BCUT2D eigenvalue weighted by atomic mass is 9.97. The number of carbonyl (C=O) groups is 1. The van der Waals surface area contributed by atoms with Crippen LogP contribution in [0.15, 0.2) is 0 Å². The van der Waals surface area contributed by atoms with Gasteiger partial charge in [0.25, 0.3) is 0 Å². The van der Waals surface area contributed by atoms with Crippen molar-refractivity contribution in [3.05, 3.63) is 10.6 Å². The molecule has 0 saturated carbocycles. The molecule has 2 heterocycles. The third-order valence-corrected chi connectivity index (χ3v) is 4.25. The van der Waals surface area contributed by atoms with Gasteiger partial charge in [0.15, 0.2) is 10.8 Å². The summed E-state index contributed by atoms with van der Waals surface area (Å²) in [5.74, 6) is -2.37. The molecule has 8 heteroatoms. The number of nitrogens with zero attached hydrogens (tertiary/aromatic N) is 2. The number of thiazole rings is 1. The van der Waals surface area contributed by atoms with Crippen molar-refractivity contribution in [2.45, 2.75) is 25.9 Å². The van der Waals surface area contributed by atoms with Gasteiger partial charge in [-0.1, -0.05) is 0 Å². The van der Waals surface area contributed by atoms with E-state index in [1.165, 1.54) is 11.3 Å². The highest BCUT2D eigenvalue weighted by atomic mass is 32.1. The van der Waals surface area contributed by atoms with Gasteiger partial charge in [-0.3, -0.25) is 0 Å². The van der Waals surface area contributed by atoms with Crippen LogP contribution in [0.25, 0.3) is 0 Å². The fraction of sp³-hybridized carbons (Fsp3) is 0.636. The zero-order valence-electron chi connectivity index (χ0n) is 10.2. The molecule has 1 saturated heterocycles. The number of piperidine rings is 1. The summed E-state index contributed by atoms with van der Waals surface area (Å²) in [4.78, 5) is 17.2. The van der Waals surface area contributed by atoms with Gasteiger partial charge in [0.1, 0.15) is 0 Å². The lowest BCUT2D eigenvalue weighted by molar-refractivity contribution is -0.179. The Morgan fingerprint density at radius 2 is 2.00 bits per heavy atom. The molecule has 1 fully saturated rings. The fourth-order valence-electron chi connectivity index (χ4n) is 2.11. The molecule has 0 aliphatic carbocycles. The SMILES string of the molecule is Cc1sc(N2CCC(C(F)(F)F)CC2)nc1C(=O)O. The van der Waals surface area contributed by atoms with E-state index in [4.69, 9.17) is 5.11 Å². The molecular weight excluding hydrogens is 281 g/mol. The molecule has 0 aromatic carbocycles. The van der Waals surface area contributed by atoms with Gasteiger partial charge in [-0.2, -0.15) is 13.2 Å². The van der Waals surface area contributed by atoms with Crippen molar-refractivity contribution in [1.82, 2.24) is 4.98 Å². The van der Waals surface area contributed by atoms with Crippen molar-refractivity contribution >= 4 is 22.4 Å². The zero-order valence-corrected chi connectivity index (χ0v) is 11.0. The number of aromatic carboxylic acids is 1. The largest absolute Gasteiger partial charge is 0.476 e. The monoisotopic (exact) mass is 294 g/mol. The third kappa shape index (κ3) is 2.99. The molecule has 19 heavy (non-hydrogen) atoms. The molecule has 0 bridgehead atoms. The Morgan fingerprint density at radius 3 is 2.42 bits per heavy atom. The van der Waals surface area contributed by atoms with Gasteiger partial charge in [0.2, 0.25) is 0 Å². The summed E-state index contributed by atoms with van der Waals surface area (Å²) < 4.78 is 37.6. The molecule has 0 unspecified atom stereocenters. The van der Waals surface area contributed by atoms with Crippen molar-refractivity contribution in [1.29, 1.82) is 0 Å². The lowest BCUT2D eigenvalue weighted by Gasteiger charge is -2.32. The molecule has 0 amide bonds. The first kappa shape index (κ1) is 14.1. The van der Waals surface area contributed by atoms with Crippen LogP contribution >= 0.6 is 11.3 Å². The molecule has 4 nitrogen and oxygen atoms in total. The van der Waals surface area contributed by atoms with Gasteiger partial charge in [0.05, 0.1) is 5.92 Å². The van der Waals surface area contributed by atoms with E-state index in [9.17, 15) is 18.0 Å². The highest BCUT2D eigenvalue weighted by molar-refractivity contribution is 7.15. The molecule has 1 aliphatic rings. The van der Waals surface area contributed by atoms with Crippen LogP contribution in [0.2, 0.25) is 0 Å². The van der Waals surface area contributed by atoms with Crippen LogP contribution in [0.3, 0.4) is 0 Å². The first-order chi connectivity index (χ1) is 8.79. The first-order valence-corrected chi connectivity index (χ1v) is 6.63. The van der Waals surface area contributed by atoms with Gasteiger partial charge in [-0.05, 0) is 19.8 Å². The highest BCUT2D eigenvalue weighted by Crippen LogP contribution is 2.36. The van der Waals surface area contributed by atoms with Gasteiger partial charge in [0, 0.05) is 18.0 Å². The Balaban J connectivity index is 2.06. The second-order valence-electron chi connectivity index (χ2n) is 4.51. The standard InChI is InChI=1S/C11H13F3N2O2S/c1-6-8(9(17)18)15-10(19-6)16-4-2-7(3-5-16)11(12,13)14/h7H,2-5H2,1H3,(H,17,18). The van der Waals surface area contributed by atoms with E-state index in [0.717, 1.165) is 0 Å². The van der Waals surface area contributed by atoms with Crippen LogP contribution in [-0.4, -0.2) is 35.3 Å². The summed E-state index contributed by atoms with van der Waals surface area (Å²) in [5, 5.41) is 9.40. The van der Waals surface area contributed by atoms with Gasteiger partial charge in [-0.15, -0.1) is 11.3 Å². The second kappa shape index (κ2) is 4.99. The van der Waals surface area contributed by atoms with E-state index in [1.807, 2.05) is 0 Å². The molecule has 0 radical (unpaired) electrons. The molecule has 1 N–H and O–H groups in total. The number of hydrogen-bond acceptors (Lipinski definition) is 4. The minimum Gasteiger partial charge on any atom is -0.476 e. The van der Waals surface area contributed by atoms with Crippen LogP contribution in [0.1, 0.15) is 28.2 Å². The summed E-state index contributed by atoms with van der Waals surface area (Å²) in [6.07, 6.45) is -4.08. The summed E-state index contributed by atoms with van der Waals surface area (Å²) >= 11 is 1.21. The fourth-order valence-corrected chi connectivity index (χ4v) is 3.07. The van der Waals surface area contributed by atoms with E-state index in [2.05, 4.69) is 4.98 Å². The number of halogens is 3. The number of anilines is 1. The summed E-state index contributed by atoms with van der Waals surface area (Å²) in [5.41, 5.74) is -0.0158. The van der Waals surface area contributed by atoms with Crippen LogP contribution < -0.4 is 4.90 Å². The molecular formula is C11H13F3N2O2S. The van der Waals surface area contributed by atoms with Crippen molar-refractivity contribution < 1.29 is 23.1 Å². The van der Waals surface area contributed by atoms with Crippen LogP contribution in [0.5, 0.6) is 0 Å². The number of aromatic nitrogens is 1. The van der Waals surface area contributed by atoms with Crippen molar-refractivity contribution in [3.63, 3.8) is 0 Å². The number of carboxylic acids is 1. The van der Waals surface area contributed by atoms with Crippen LogP contribution in [0, 0.1) is 12.8 Å². The second-order valence-corrected chi connectivity index (χ2v) is 5.69. The number of rotatable bonds is 2. The molecule has 0 atom stereocenters. The maximum absolute atomic E-state index is 12.5. The summed E-state index contributed by atoms with van der Waals surface area (Å²) in [6, 6.07) is 0. The third-order valence-electron chi connectivity index (χ3n) is 3.22. The number of aryl methyl sites for hydroxylation is 1. The van der Waals surface area contributed by atoms with Gasteiger partial charge < -0.3 is 10.0 Å². The average molecular weight is 294 g/mol. The lowest BCUT2D eigenvalue weighted by Crippen LogP contribution is -2.39. The maximum atomic E-state index is 12.5. The summed E-state index contributed by atoms with van der Waals surface area (Å²) in [6.45, 7) is 2.17. The topological polar surface area (TPSA) is 53.4 Å². The average Bonchev–Trinajstić information content (AvgIpc) is 2.70. The van der Waals surface area contributed by atoms with Crippen LogP contribution in [-0.2, 0) is 0 Å². The normalized spacial score (nSPS) is 17.8. The number of hydrogen-bond donors (Lipinski definition) is 1. The Morgan fingerprint density at radius 1 is 1.42 bits per heavy atom. The van der Waals surface area contributed by atoms with Gasteiger partial charge >= 0.3 is 12.1 Å². The Bertz CT molecular complexity index is 479. The van der Waals surface area contributed by atoms with Crippen LogP contribution in [0.4, 0.5) is 18.3 Å². The Kier molecular flexibility index (Phi) is 3.71. The van der Waals surface area contributed by atoms with E-state index in [-0.39, 0.29) is 31.6 Å². The van der Waals surface area contributed by atoms with Crippen molar-refractivity contribution in [2.75, 3.05) is 18.0 Å². The zero-order chi connectivity index (χ0) is 14.2. The molecule has 0 spiro atoms. The number of carboxylic acid groups (broad SMARTS) is 1. The predicted octanol–water partition coefficient (Wildman–Crippen LogP) is 2.93. The van der Waals surface area contributed by atoms with Crippen molar-refractivity contribution in [2.24, 2.45) is 5.92 Å². The molecule has 1 aromatic heterocycles. The van der Waals surface area contributed by atoms with E-state index in [1.54, 1.807) is 11.8 Å². The molecule has 2 rings (SSSR count). The minimum atomic E-state index is -4.14. The van der Waals surface area contributed by atoms with Crippen molar-refractivity contribution in [3.8, 4) is 0 Å². The molecule has 106 valence electrons. The number of alkyl halides is 3. The smallest absolute Gasteiger partial charge is 0.391 e. The minimum absolute atomic E-state index is 0.0158. The molecule has 1 aliphatic heterocycles. The molecule has 1 aromatic rings. The highest BCUT2D eigenvalue weighted by Gasteiger charge is 2.41. The summed E-state index contributed by atoms with van der Waals surface area (Å²) in [7, 11) is 0. The predicted molar refractivity (Wildman–Crippen MR) is 64.8 cm³/mol. The quantitative estimate of drug-likeness (QED) is 0.911. The maximum Gasteiger partial charge on any atom is 0.391 e. The Labute approximate surface area is 111 Å². The first-order valence-electron chi connectivity index (χ1n) is 5.81. The van der Waals surface area contributed by atoms with E-state index >= 15 is 0 Å². The van der Waals surface area contributed by atoms with Gasteiger partial charge in [-0.25, -0.2) is 9.78 Å². The van der Waals surface area contributed by atoms with E-state index < -0.39 is 18.1 Å².